The summed E-state index contributed by atoms with van der Waals surface area (Å²) in [5.41, 5.74) is 2.92. The number of halogens is 1. The minimum absolute atomic E-state index is 0.239. The molecule has 24 heavy (non-hydrogen) atoms. The summed E-state index contributed by atoms with van der Waals surface area (Å²) < 4.78 is 20.4. The van der Waals surface area contributed by atoms with Gasteiger partial charge in [0.15, 0.2) is 11.6 Å². The molecule has 0 saturated heterocycles. The van der Waals surface area contributed by atoms with Crippen molar-refractivity contribution in [1.82, 2.24) is 5.32 Å². The molecule has 4 heteroatoms. The number of amidine groups is 1. The van der Waals surface area contributed by atoms with Crippen molar-refractivity contribution in [3.05, 3.63) is 58.9 Å². The summed E-state index contributed by atoms with van der Waals surface area (Å²) in [6.07, 6.45) is 1.01. The van der Waals surface area contributed by atoms with Crippen molar-refractivity contribution in [3.63, 3.8) is 0 Å². The summed E-state index contributed by atoms with van der Waals surface area (Å²) in [6, 6.07) is 11.1. The summed E-state index contributed by atoms with van der Waals surface area (Å²) >= 11 is 0. The number of rotatable bonds is 4. The highest BCUT2D eigenvalue weighted by atomic mass is 19.1. The SMILES string of the molecule is Cc1ccc(C(C)C)c(Oc2ccc(C3=NCCCN3)cc2F)c1. The van der Waals surface area contributed by atoms with E-state index in [1.165, 1.54) is 6.07 Å². The Morgan fingerprint density at radius 2 is 1.96 bits per heavy atom. The van der Waals surface area contributed by atoms with E-state index < -0.39 is 0 Å². The Hall–Kier alpha value is -2.36. The summed E-state index contributed by atoms with van der Waals surface area (Å²) in [7, 11) is 0. The zero-order chi connectivity index (χ0) is 17.1. The molecule has 1 N–H and O–H groups in total. The molecule has 0 radical (unpaired) electrons. The Balaban J connectivity index is 1.89. The molecule has 0 saturated carbocycles. The van der Waals surface area contributed by atoms with Crippen LogP contribution in [0, 0.1) is 12.7 Å². The number of benzene rings is 2. The van der Waals surface area contributed by atoms with Crippen LogP contribution in [-0.2, 0) is 0 Å². The predicted octanol–water partition coefficient (Wildman–Crippen LogP) is 4.79. The summed E-state index contributed by atoms with van der Waals surface area (Å²) in [6.45, 7) is 7.86. The Labute approximate surface area is 142 Å². The van der Waals surface area contributed by atoms with Gasteiger partial charge in [-0.2, -0.15) is 0 Å². The van der Waals surface area contributed by atoms with Crippen molar-refractivity contribution in [1.29, 1.82) is 0 Å². The number of aliphatic imine (C=N–C) groups is 1. The molecule has 2 aromatic carbocycles. The number of hydrogen-bond acceptors (Lipinski definition) is 3. The third kappa shape index (κ3) is 3.58. The highest BCUT2D eigenvalue weighted by Gasteiger charge is 2.14. The molecule has 1 heterocycles. The van der Waals surface area contributed by atoms with Crippen LogP contribution in [0.1, 0.15) is 42.9 Å². The Kier molecular flexibility index (Phi) is 4.84. The van der Waals surface area contributed by atoms with Crippen LogP contribution < -0.4 is 10.1 Å². The lowest BCUT2D eigenvalue weighted by Crippen LogP contribution is -2.30. The number of hydrogen-bond donors (Lipinski definition) is 1. The fraction of sp³-hybridized carbons (Fsp3) is 0.350. The van der Waals surface area contributed by atoms with Crippen LogP contribution in [0.25, 0.3) is 0 Å². The highest BCUT2D eigenvalue weighted by Crippen LogP contribution is 2.33. The van der Waals surface area contributed by atoms with Gasteiger partial charge in [-0.25, -0.2) is 4.39 Å². The lowest BCUT2D eigenvalue weighted by Gasteiger charge is -2.17. The topological polar surface area (TPSA) is 33.6 Å². The van der Waals surface area contributed by atoms with Crippen molar-refractivity contribution in [2.24, 2.45) is 4.99 Å². The second-order valence-corrected chi connectivity index (χ2v) is 6.45. The van der Waals surface area contributed by atoms with Crippen LogP contribution in [-0.4, -0.2) is 18.9 Å². The van der Waals surface area contributed by atoms with Gasteiger partial charge in [-0.1, -0.05) is 26.0 Å². The molecular weight excluding hydrogens is 303 g/mol. The molecule has 1 aliphatic heterocycles. The van der Waals surface area contributed by atoms with Crippen LogP contribution in [0.15, 0.2) is 41.4 Å². The largest absolute Gasteiger partial charge is 0.454 e. The van der Waals surface area contributed by atoms with Crippen molar-refractivity contribution >= 4 is 5.84 Å². The van der Waals surface area contributed by atoms with Gasteiger partial charge in [0, 0.05) is 18.7 Å². The third-order valence-corrected chi connectivity index (χ3v) is 4.11. The summed E-state index contributed by atoms with van der Waals surface area (Å²) in [4.78, 5) is 4.40. The number of aryl methyl sites for hydroxylation is 1. The van der Waals surface area contributed by atoms with Gasteiger partial charge in [0.2, 0.25) is 0 Å². The van der Waals surface area contributed by atoms with E-state index in [9.17, 15) is 4.39 Å². The molecule has 1 aliphatic rings. The van der Waals surface area contributed by atoms with Crippen molar-refractivity contribution < 1.29 is 9.13 Å². The first kappa shape index (κ1) is 16.5. The normalized spacial score (nSPS) is 14.3. The Morgan fingerprint density at radius 3 is 2.62 bits per heavy atom. The summed E-state index contributed by atoms with van der Waals surface area (Å²) in [5.74, 6) is 1.64. The smallest absolute Gasteiger partial charge is 0.166 e. The van der Waals surface area contributed by atoms with Gasteiger partial charge in [-0.05, 0) is 54.7 Å². The van der Waals surface area contributed by atoms with Crippen LogP contribution in [0.3, 0.4) is 0 Å². The maximum Gasteiger partial charge on any atom is 0.166 e. The zero-order valence-corrected chi connectivity index (χ0v) is 14.4. The first-order valence-electron chi connectivity index (χ1n) is 8.41. The monoisotopic (exact) mass is 326 g/mol. The molecule has 0 aromatic heterocycles. The average Bonchev–Trinajstić information content (AvgIpc) is 2.57. The molecule has 3 rings (SSSR count). The molecule has 0 spiro atoms. The van der Waals surface area contributed by atoms with Gasteiger partial charge in [0.25, 0.3) is 0 Å². The van der Waals surface area contributed by atoms with Gasteiger partial charge < -0.3 is 10.1 Å². The van der Waals surface area contributed by atoms with Crippen molar-refractivity contribution in [2.75, 3.05) is 13.1 Å². The number of nitrogens with zero attached hydrogens (tertiary/aromatic N) is 1. The van der Waals surface area contributed by atoms with Crippen molar-refractivity contribution in [2.45, 2.75) is 33.1 Å². The molecule has 0 unspecified atom stereocenters. The highest BCUT2D eigenvalue weighted by molar-refractivity contribution is 5.99. The molecule has 0 aliphatic carbocycles. The van der Waals surface area contributed by atoms with Crippen LogP contribution in [0.5, 0.6) is 11.5 Å². The third-order valence-electron chi connectivity index (χ3n) is 4.11. The van der Waals surface area contributed by atoms with Gasteiger partial charge in [-0.3, -0.25) is 4.99 Å². The Bertz CT molecular complexity index is 768. The maximum absolute atomic E-state index is 14.5. The molecule has 3 nitrogen and oxygen atoms in total. The van der Waals surface area contributed by atoms with Crippen LogP contribution in [0.4, 0.5) is 4.39 Å². The average molecular weight is 326 g/mol. The minimum atomic E-state index is -0.376. The molecule has 0 amide bonds. The first-order valence-corrected chi connectivity index (χ1v) is 8.41. The lowest BCUT2D eigenvalue weighted by molar-refractivity contribution is 0.435. The van der Waals surface area contributed by atoms with Crippen LogP contribution >= 0.6 is 0 Å². The van der Waals surface area contributed by atoms with E-state index in [2.05, 4.69) is 30.2 Å². The van der Waals surface area contributed by atoms with Gasteiger partial charge in [0.1, 0.15) is 11.6 Å². The number of ether oxygens (including phenoxy) is 1. The molecule has 0 bridgehead atoms. The molecule has 0 atom stereocenters. The van der Waals surface area contributed by atoms with E-state index in [4.69, 9.17) is 4.74 Å². The van der Waals surface area contributed by atoms with E-state index >= 15 is 0 Å². The molecule has 2 aromatic rings. The van der Waals surface area contributed by atoms with E-state index in [-0.39, 0.29) is 11.6 Å². The summed E-state index contributed by atoms with van der Waals surface area (Å²) in [5, 5.41) is 3.21. The number of nitrogens with one attached hydrogen (secondary N) is 1. The molecule has 126 valence electrons. The fourth-order valence-corrected chi connectivity index (χ4v) is 2.78. The second kappa shape index (κ2) is 7.04. The van der Waals surface area contributed by atoms with E-state index in [0.29, 0.717) is 11.7 Å². The maximum atomic E-state index is 14.5. The first-order chi connectivity index (χ1) is 11.5. The lowest BCUT2D eigenvalue weighted by atomic mass is 10.0. The quantitative estimate of drug-likeness (QED) is 0.876. The van der Waals surface area contributed by atoms with Gasteiger partial charge in [-0.15, -0.1) is 0 Å². The minimum Gasteiger partial charge on any atom is -0.454 e. The van der Waals surface area contributed by atoms with E-state index in [0.717, 1.165) is 42.0 Å². The van der Waals surface area contributed by atoms with Crippen LogP contribution in [0.2, 0.25) is 0 Å². The standard InChI is InChI=1S/C20H23FN2O/c1-13(2)16-7-5-14(3)11-19(16)24-18-8-6-15(12-17(18)21)20-22-9-4-10-23-20/h5-8,11-13H,4,9-10H2,1-3H3,(H,22,23). The van der Waals surface area contributed by atoms with Gasteiger partial charge >= 0.3 is 0 Å². The molecular formula is C20H23FN2O. The van der Waals surface area contributed by atoms with E-state index in [1.54, 1.807) is 6.07 Å². The Morgan fingerprint density at radius 1 is 1.12 bits per heavy atom. The predicted molar refractivity (Wildman–Crippen MR) is 95.8 cm³/mol. The van der Waals surface area contributed by atoms with Crippen molar-refractivity contribution in [3.8, 4) is 11.5 Å². The van der Waals surface area contributed by atoms with Gasteiger partial charge in [0.05, 0.1) is 0 Å². The zero-order valence-electron chi connectivity index (χ0n) is 14.4. The fourth-order valence-electron chi connectivity index (χ4n) is 2.78. The second-order valence-electron chi connectivity index (χ2n) is 6.45. The molecule has 0 fully saturated rings. The van der Waals surface area contributed by atoms with E-state index in [1.807, 2.05) is 25.1 Å².